The van der Waals surface area contributed by atoms with Gasteiger partial charge in [-0.05, 0) is 19.3 Å². The van der Waals surface area contributed by atoms with Crippen LogP contribution in [-0.4, -0.2) is 24.4 Å². The predicted octanol–water partition coefficient (Wildman–Crippen LogP) is 1.81. The number of aromatic nitrogens is 2. The van der Waals surface area contributed by atoms with E-state index >= 15 is 0 Å². The van der Waals surface area contributed by atoms with E-state index in [9.17, 15) is 8.42 Å². The smallest absolute Gasteiger partial charge is 0.234 e. The van der Waals surface area contributed by atoms with E-state index in [1.165, 1.54) is 0 Å². The van der Waals surface area contributed by atoms with Gasteiger partial charge in [-0.2, -0.15) is 5.10 Å². The number of aryl methyl sites for hydroxylation is 1. The number of sulfonamides is 1. The van der Waals surface area contributed by atoms with Crippen LogP contribution in [0.5, 0.6) is 0 Å². The Morgan fingerprint density at radius 2 is 1.88 bits per heavy atom. The fourth-order valence-corrected chi connectivity index (χ4v) is 3.04. The van der Waals surface area contributed by atoms with Crippen molar-refractivity contribution in [1.29, 1.82) is 0 Å². The predicted molar refractivity (Wildman–Crippen MR) is 64.9 cm³/mol. The summed E-state index contributed by atoms with van der Waals surface area (Å²) in [6.07, 6.45) is 0. The Hall–Kier alpha value is -1.04. The van der Waals surface area contributed by atoms with Gasteiger partial charge in [0.1, 0.15) is 0 Å². The Morgan fingerprint density at radius 1 is 1.31 bits per heavy atom. The Bertz CT molecular complexity index is 469. The highest BCUT2D eigenvalue weighted by Gasteiger charge is 2.23. The number of hydrogen-bond donors (Lipinski definition) is 2. The maximum Gasteiger partial charge on any atom is 0.234 e. The molecule has 0 bridgehead atoms. The molecule has 0 unspecified atom stereocenters. The molecule has 1 heterocycles. The molecule has 0 aromatic carbocycles. The third kappa shape index (κ3) is 3.52. The minimum absolute atomic E-state index is 0.0747. The van der Waals surface area contributed by atoms with Gasteiger partial charge in [-0.3, -0.25) is 9.82 Å². The van der Waals surface area contributed by atoms with Gasteiger partial charge in [0.15, 0.2) is 5.82 Å². The first-order chi connectivity index (χ1) is 7.11. The second-order valence-electron chi connectivity index (χ2n) is 5.24. The normalized spacial score (nSPS) is 12.8. The molecular formula is C10H19N3O2S. The van der Waals surface area contributed by atoms with Crippen molar-refractivity contribution >= 4 is 15.8 Å². The van der Waals surface area contributed by atoms with Gasteiger partial charge in [0.25, 0.3) is 0 Å². The molecule has 1 aromatic rings. The first-order valence-electron chi connectivity index (χ1n) is 5.13. The number of rotatable bonds is 3. The molecule has 0 saturated heterocycles. The summed E-state index contributed by atoms with van der Waals surface area (Å²) in [6.45, 7) is 9.33. The number of aromatic amines is 1. The lowest BCUT2D eigenvalue weighted by Crippen LogP contribution is -2.26. The van der Waals surface area contributed by atoms with Crippen LogP contribution in [0.3, 0.4) is 0 Å². The summed E-state index contributed by atoms with van der Waals surface area (Å²) >= 11 is 0. The Balaban J connectivity index is 2.86. The third-order valence-corrected chi connectivity index (χ3v) is 3.88. The topological polar surface area (TPSA) is 74.8 Å². The van der Waals surface area contributed by atoms with Crippen molar-refractivity contribution in [3.63, 3.8) is 0 Å². The molecule has 16 heavy (non-hydrogen) atoms. The zero-order valence-electron chi connectivity index (χ0n) is 10.4. The molecular weight excluding hydrogens is 226 g/mol. The van der Waals surface area contributed by atoms with Gasteiger partial charge in [0.2, 0.25) is 10.0 Å². The lowest BCUT2D eigenvalue weighted by Gasteiger charge is -2.18. The van der Waals surface area contributed by atoms with Crippen molar-refractivity contribution in [2.24, 2.45) is 5.41 Å². The molecule has 6 heteroatoms. The van der Waals surface area contributed by atoms with Gasteiger partial charge in [0.05, 0.1) is 5.75 Å². The van der Waals surface area contributed by atoms with Crippen molar-refractivity contribution in [2.75, 3.05) is 10.5 Å². The second kappa shape index (κ2) is 4.08. The van der Waals surface area contributed by atoms with Crippen LogP contribution in [0.25, 0.3) is 0 Å². The zero-order chi connectivity index (χ0) is 12.6. The van der Waals surface area contributed by atoms with Gasteiger partial charge in [0, 0.05) is 11.3 Å². The molecule has 0 fully saturated rings. The van der Waals surface area contributed by atoms with E-state index in [1.54, 1.807) is 0 Å². The SMILES string of the molecule is Cc1[nH]nc(NS(=O)(=O)CC(C)(C)C)c1C. The van der Waals surface area contributed by atoms with Crippen LogP contribution < -0.4 is 4.72 Å². The molecule has 0 saturated carbocycles. The number of anilines is 1. The Labute approximate surface area is 96.7 Å². The van der Waals surface area contributed by atoms with Crippen LogP contribution in [0.15, 0.2) is 0 Å². The lowest BCUT2D eigenvalue weighted by atomic mass is 10.0. The number of nitrogens with one attached hydrogen (secondary N) is 2. The minimum atomic E-state index is -3.33. The Kier molecular flexibility index (Phi) is 3.33. The van der Waals surface area contributed by atoms with Crippen LogP contribution in [0.1, 0.15) is 32.0 Å². The summed E-state index contributed by atoms with van der Waals surface area (Å²) in [5, 5.41) is 6.66. The molecule has 0 spiro atoms. The molecule has 2 N–H and O–H groups in total. The molecule has 1 rings (SSSR count). The van der Waals surface area contributed by atoms with E-state index < -0.39 is 10.0 Å². The van der Waals surface area contributed by atoms with Gasteiger partial charge in [-0.15, -0.1) is 0 Å². The molecule has 0 aliphatic carbocycles. The van der Waals surface area contributed by atoms with Crippen LogP contribution >= 0.6 is 0 Å². The number of H-pyrrole nitrogens is 1. The van der Waals surface area contributed by atoms with Crippen LogP contribution in [0.2, 0.25) is 0 Å². The highest BCUT2D eigenvalue weighted by Crippen LogP contribution is 2.20. The van der Waals surface area contributed by atoms with Crippen molar-refractivity contribution in [3.05, 3.63) is 11.3 Å². The summed E-state index contributed by atoms with van der Waals surface area (Å²) in [5.74, 6) is 0.465. The molecule has 0 atom stereocenters. The lowest BCUT2D eigenvalue weighted by molar-refractivity contribution is 0.463. The maximum atomic E-state index is 11.8. The van der Waals surface area contributed by atoms with Gasteiger partial charge in [-0.25, -0.2) is 8.42 Å². The fourth-order valence-electron chi connectivity index (χ4n) is 1.34. The first kappa shape index (κ1) is 13.0. The number of nitrogens with zero attached hydrogens (tertiary/aromatic N) is 1. The highest BCUT2D eigenvalue weighted by molar-refractivity contribution is 7.92. The van der Waals surface area contributed by atoms with Gasteiger partial charge in [-0.1, -0.05) is 20.8 Å². The van der Waals surface area contributed by atoms with E-state index in [-0.39, 0.29) is 11.2 Å². The average Bonchev–Trinajstić information content (AvgIpc) is 2.30. The van der Waals surface area contributed by atoms with Crippen molar-refractivity contribution < 1.29 is 8.42 Å². The van der Waals surface area contributed by atoms with Crippen molar-refractivity contribution in [3.8, 4) is 0 Å². The van der Waals surface area contributed by atoms with Gasteiger partial charge >= 0.3 is 0 Å². The minimum Gasteiger partial charge on any atom is -0.280 e. The van der Waals surface area contributed by atoms with Gasteiger partial charge < -0.3 is 0 Å². The monoisotopic (exact) mass is 245 g/mol. The quantitative estimate of drug-likeness (QED) is 0.853. The molecule has 0 aliphatic heterocycles. The molecule has 5 nitrogen and oxygen atoms in total. The molecule has 0 aliphatic rings. The standard InChI is InChI=1S/C10H19N3O2S/c1-7-8(2)11-12-9(7)13-16(14,15)6-10(3,4)5/h6H2,1-5H3,(H2,11,12,13). The van der Waals surface area contributed by atoms with E-state index in [4.69, 9.17) is 0 Å². The summed E-state index contributed by atoms with van der Waals surface area (Å²) in [5.41, 5.74) is 1.43. The van der Waals surface area contributed by atoms with E-state index in [2.05, 4.69) is 14.9 Å². The average molecular weight is 245 g/mol. The van der Waals surface area contributed by atoms with Crippen LogP contribution in [0, 0.1) is 19.3 Å². The van der Waals surface area contributed by atoms with E-state index in [1.807, 2.05) is 34.6 Å². The first-order valence-corrected chi connectivity index (χ1v) is 6.78. The fraction of sp³-hybridized carbons (Fsp3) is 0.700. The van der Waals surface area contributed by atoms with Crippen molar-refractivity contribution in [2.45, 2.75) is 34.6 Å². The Morgan fingerprint density at radius 3 is 2.25 bits per heavy atom. The number of hydrogen-bond acceptors (Lipinski definition) is 3. The summed E-state index contributed by atoms with van der Waals surface area (Å²) in [6, 6.07) is 0. The molecule has 1 aromatic heterocycles. The third-order valence-electron chi connectivity index (χ3n) is 2.13. The van der Waals surface area contributed by atoms with Crippen LogP contribution in [-0.2, 0) is 10.0 Å². The van der Waals surface area contributed by atoms with E-state index in [0.717, 1.165) is 11.3 Å². The maximum absolute atomic E-state index is 11.8. The second-order valence-corrected chi connectivity index (χ2v) is 6.97. The summed E-state index contributed by atoms with van der Waals surface area (Å²) in [7, 11) is -3.33. The molecule has 92 valence electrons. The van der Waals surface area contributed by atoms with Crippen molar-refractivity contribution in [1.82, 2.24) is 10.2 Å². The van der Waals surface area contributed by atoms with Crippen LogP contribution in [0.4, 0.5) is 5.82 Å². The highest BCUT2D eigenvalue weighted by atomic mass is 32.2. The zero-order valence-corrected chi connectivity index (χ0v) is 11.2. The largest absolute Gasteiger partial charge is 0.280 e. The molecule has 0 radical (unpaired) electrons. The summed E-state index contributed by atoms with van der Waals surface area (Å²) < 4.78 is 26.1. The summed E-state index contributed by atoms with van der Waals surface area (Å²) in [4.78, 5) is 0. The molecule has 0 amide bonds. The van der Waals surface area contributed by atoms with E-state index in [0.29, 0.717) is 5.82 Å².